The lowest BCUT2D eigenvalue weighted by molar-refractivity contribution is -0.123. The Balaban J connectivity index is 2.49. The van der Waals surface area contributed by atoms with E-state index in [2.05, 4.69) is 27.3 Å². The van der Waals surface area contributed by atoms with Crippen molar-refractivity contribution in [1.82, 2.24) is 5.32 Å². The first-order valence-corrected chi connectivity index (χ1v) is 7.13. The van der Waals surface area contributed by atoms with Crippen LogP contribution in [0.2, 0.25) is 0 Å². The lowest BCUT2D eigenvalue weighted by Crippen LogP contribution is -2.45. The predicted octanol–water partition coefficient (Wildman–Crippen LogP) is 2.62. The number of benzene rings is 1. The van der Waals surface area contributed by atoms with Gasteiger partial charge in [-0.1, -0.05) is 47.5 Å². The molecule has 0 saturated carbocycles. The average Bonchev–Trinajstić information content (AvgIpc) is 2.32. The van der Waals surface area contributed by atoms with Crippen molar-refractivity contribution in [2.24, 2.45) is 5.73 Å². The van der Waals surface area contributed by atoms with E-state index in [1.165, 1.54) is 5.56 Å². The van der Waals surface area contributed by atoms with Gasteiger partial charge in [0.25, 0.3) is 0 Å². The summed E-state index contributed by atoms with van der Waals surface area (Å²) in [5.41, 5.74) is 6.97. The molecule has 1 amide bonds. The van der Waals surface area contributed by atoms with Crippen LogP contribution in [-0.2, 0) is 11.2 Å². The minimum Gasteiger partial charge on any atom is -0.352 e. The average molecular weight is 313 g/mol. The lowest BCUT2D eigenvalue weighted by Gasteiger charge is -2.17. The molecule has 1 aromatic rings. The molecule has 2 unspecified atom stereocenters. The molecule has 0 aromatic heterocycles. The topological polar surface area (TPSA) is 55.1 Å². The van der Waals surface area contributed by atoms with Gasteiger partial charge < -0.3 is 11.1 Å². The van der Waals surface area contributed by atoms with Crippen LogP contribution in [-0.4, -0.2) is 18.0 Å². The largest absolute Gasteiger partial charge is 0.352 e. The van der Waals surface area contributed by atoms with Gasteiger partial charge in [-0.2, -0.15) is 0 Å². The maximum Gasteiger partial charge on any atom is 0.237 e. The molecule has 0 fully saturated rings. The number of hydrogen-bond donors (Lipinski definition) is 2. The number of amides is 1. The second-order valence-corrected chi connectivity index (χ2v) is 5.45. The number of carbonyl (C=O) groups excluding carboxylic acids is 1. The summed E-state index contributed by atoms with van der Waals surface area (Å²) < 4.78 is 1.07. The summed E-state index contributed by atoms with van der Waals surface area (Å²) >= 11 is 3.51. The van der Waals surface area contributed by atoms with Gasteiger partial charge in [0, 0.05) is 10.5 Å². The quantitative estimate of drug-likeness (QED) is 0.848. The van der Waals surface area contributed by atoms with Gasteiger partial charge in [-0.15, -0.1) is 0 Å². The molecule has 0 aliphatic rings. The molecule has 0 radical (unpaired) electrons. The first-order chi connectivity index (χ1) is 8.54. The second-order valence-electron chi connectivity index (χ2n) is 4.60. The molecule has 100 valence electrons. The van der Waals surface area contributed by atoms with E-state index in [1.54, 1.807) is 0 Å². The molecule has 3 N–H and O–H groups in total. The monoisotopic (exact) mass is 312 g/mol. The van der Waals surface area contributed by atoms with E-state index >= 15 is 0 Å². The summed E-state index contributed by atoms with van der Waals surface area (Å²) in [6, 6.07) is 7.73. The summed E-state index contributed by atoms with van der Waals surface area (Å²) in [5.74, 6) is -0.0589. The molecular weight excluding hydrogens is 292 g/mol. The molecule has 0 saturated heterocycles. The highest BCUT2D eigenvalue weighted by Crippen LogP contribution is 2.17. The molecule has 0 spiro atoms. The summed E-state index contributed by atoms with van der Waals surface area (Å²) in [6.45, 7) is 4.02. The normalized spacial score (nSPS) is 14.0. The summed E-state index contributed by atoms with van der Waals surface area (Å²) in [5, 5.41) is 2.96. The van der Waals surface area contributed by atoms with Gasteiger partial charge in [0.2, 0.25) is 5.91 Å². The van der Waals surface area contributed by atoms with Crippen molar-refractivity contribution in [1.29, 1.82) is 0 Å². The zero-order valence-electron chi connectivity index (χ0n) is 10.9. The molecule has 4 heteroatoms. The van der Waals surface area contributed by atoms with Gasteiger partial charge in [-0.05, 0) is 31.4 Å². The molecular formula is C14H21BrN2O. The van der Waals surface area contributed by atoms with Gasteiger partial charge in [0.05, 0.1) is 6.04 Å². The second kappa shape index (κ2) is 7.54. The summed E-state index contributed by atoms with van der Waals surface area (Å²) in [6.07, 6.45) is 2.45. The number of halogens is 1. The van der Waals surface area contributed by atoms with E-state index in [0.717, 1.165) is 23.7 Å². The maximum atomic E-state index is 11.8. The number of nitrogens with one attached hydrogen (secondary N) is 1. The third-order valence-electron chi connectivity index (χ3n) is 2.81. The van der Waals surface area contributed by atoms with Crippen LogP contribution in [0.5, 0.6) is 0 Å². The predicted molar refractivity (Wildman–Crippen MR) is 78.3 cm³/mol. The van der Waals surface area contributed by atoms with Gasteiger partial charge in [-0.3, -0.25) is 4.79 Å². The Bertz CT molecular complexity index is 395. The zero-order valence-corrected chi connectivity index (χ0v) is 12.5. The standard InChI is InChI=1S/C14H21BrN2O/c1-3-6-13(16)14(18)17-10(2)9-11-7-4-5-8-12(11)15/h4-5,7-8,10,13H,3,6,9,16H2,1-2H3,(H,17,18). The van der Waals surface area contributed by atoms with Crippen molar-refractivity contribution in [2.75, 3.05) is 0 Å². The Morgan fingerprint density at radius 3 is 2.72 bits per heavy atom. The van der Waals surface area contributed by atoms with Crippen molar-refractivity contribution in [3.8, 4) is 0 Å². The third-order valence-corrected chi connectivity index (χ3v) is 3.58. The lowest BCUT2D eigenvalue weighted by atomic mass is 10.1. The minimum absolute atomic E-state index is 0.0589. The van der Waals surface area contributed by atoms with Crippen LogP contribution in [0.4, 0.5) is 0 Å². The third kappa shape index (κ3) is 4.78. The maximum absolute atomic E-state index is 11.8. The highest BCUT2D eigenvalue weighted by atomic mass is 79.9. The molecule has 1 rings (SSSR count). The van der Waals surface area contributed by atoms with Crippen LogP contribution >= 0.6 is 15.9 Å². The Kier molecular flexibility index (Phi) is 6.36. The first-order valence-electron chi connectivity index (χ1n) is 6.34. The highest BCUT2D eigenvalue weighted by Gasteiger charge is 2.15. The number of hydrogen-bond acceptors (Lipinski definition) is 2. The molecule has 0 aliphatic heterocycles. The molecule has 18 heavy (non-hydrogen) atoms. The first kappa shape index (κ1) is 15.2. The molecule has 2 atom stereocenters. The summed E-state index contributed by atoms with van der Waals surface area (Å²) in [7, 11) is 0. The Morgan fingerprint density at radius 1 is 1.44 bits per heavy atom. The Labute approximate surface area is 117 Å². The Morgan fingerprint density at radius 2 is 2.11 bits per heavy atom. The van der Waals surface area contributed by atoms with E-state index in [-0.39, 0.29) is 11.9 Å². The zero-order chi connectivity index (χ0) is 13.5. The fraction of sp³-hybridized carbons (Fsp3) is 0.500. The van der Waals surface area contributed by atoms with E-state index in [9.17, 15) is 4.79 Å². The van der Waals surface area contributed by atoms with Gasteiger partial charge in [0.1, 0.15) is 0 Å². The molecule has 0 bridgehead atoms. The highest BCUT2D eigenvalue weighted by molar-refractivity contribution is 9.10. The summed E-state index contributed by atoms with van der Waals surface area (Å²) in [4.78, 5) is 11.8. The number of nitrogens with two attached hydrogens (primary N) is 1. The van der Waals surface area contributed by atoms with Crippen molar-refractivity contribution < 1.29 is 4.79 Å². The molecule has 1 aromatic carbocycles. The van der Waals surface area contributed by atoms with Crippen LogP contribution in [0.1, 0.15) is 32.3 Å². The van der Waals surface area contributed by atoms with Crippen molar-refractivity contribution in [2.45, 2.75) is 45.2 Å². The fourth-order valence-electron chi connectivity index (χ4n) is 1.84. The Hall–Kier alpha value is -0.870. The van der Waals surface area contributed by atoms with Crippen molar-refractivity contribution in [3.05, 3.63) is 34.3 Å². The SMILES string of the molecule is CCCC(N)C(=O)NC(C)Cc1ccccc1Br. The number of carbonyl (C=O) groups is 1. The minimum atomic E-state index is -0.392. The van der Waals surface area contributed by atoms with Gasteiger partial charge in [-0.25, -0.2) is 0 Å². The van der Waals surface area contributed by atoms with E-state index in [1.807, 2.05) is 32.0 Å². The molecule has 3 nitrogen and oxygen atoms in total. The molecule has 0 heterocycles. The van der Waals surface area contributed by atoms with Crippen LogP contribution < -0.4 is 11.1 Å². The van der Waals surface area contributed by atoms with E-state index in [0.29, 0.717) is 0 Å². The van der Waals surface area contributed by atoms with Crippen LogP contribution in [0, 0.1) is 0 Å². The molecule has 0 aliphatic carbocycles. The van der Waals surface area contributed by atoms with E-state index in [4.69, 9.17) is 5.73 Å². The van der Waals surface area contributed by atoms with Crippen molar-refractivity contribution >= 4 is 21.8 Å². The van der Waals surface area contributed by atoms with Crippen molar-refractivity contribution in [3.63, 3.8) is 0 Å². The van der Waals surface area contributed by atoms with Crippen LogP contribution in [0.3, 0.4) is 0 Å². The smallest absolute Gasteiger partial charge is 0.237 e. The van der Waals surface area contributed by atoms with E-state index < -0.39 is 6.04 Å². The van der Waals surface area contributed by atoms with Gasteiger partial charge >= 0.3 is 0 Å². The van der Waals surface area contributed by atoms with Crippen LogP contribution in [0.15, 0.2) is 28.7 Å². The fourth-order valence-corrected chi connectivity index (χ4v) is 2.28. The van der Waals surface area contributed by atoms with Crippen LogP contribution in [0.25, 0.3) is 0 Å². The number of rotatable bonds is 6. The van der Waals surface area contributed by atoms with Gasteiger partial charge in [0.15, 0.2) is 0 Å².